The molecule has 5 nitrogen and oxygen atoms in total. The van der Waals surface area contributed by atoms with Crippen LogP contribution in [0.2, 0.25) is 0 Å². The van der Waals surface area contributed by atoms with Gasteiger partial charge in [-0.05, 0) is 32.5 Å². The first kappa shape index (κ1) is 17.2. The number of carbonyl (C=O) groups is 2. The third-order valence-electron chi connectivity index (χ3n) is 3.02. The lowest BCUT2D eigenvalue weighted by molar-refractivity contribution is -0.122. The molecule has 21 heavy (non-hydrogen) atoms. The summed E-state index contributed by atoms with van der Waals surface area (Å²) in [4.78, 5) is 25.8. The van der Waals surface area contributed by atoms with E-state index in [4.69, 9.17) is 4.74 Å². The molecular weight excluding hydrogens is 268 g/mol. The predicted octanol–water partition coefficient (Wildman–Crippen LogP) is 1.72. The van der Waals surface area contributed by atoms with Gasteiger partial charge in [0.1, 0.15) is 5.75 Å². The Morgan fingerprint density at radius 2 is 2.00 bits per heavy atom. The van der Waals surface area contributed by atoms with E-state index >= 15 is 0 Å². The van der Waals surface area contributed by atoms with Gasteiger partial charge in [0.2, 0.25) is 5.91 Å². The second kappa shape index (κ2) is 8.42. The lowest BCUT2D eigenvalue weighted by Gasteiger charge is -2.20. The average Bonchev–Trinajstić information content (AvgIpc) is 2.45. The van der Waals surface area contributed by atoms with E-state index in [1.54, 1.807) is 31.4 Å². The lowest BCUT2D eigenvalue weighted by Crippen LogP contribution is -2.41. The van der Waals surface area contributed by atoms with Gasteiger partial charge in [-0.2, -0.15) is 0 Å². The highest BCUT2D eigenvalue weighted by Crippen LogP contribution is 2.13. The molecule has 0 aliphatic heterocycles. The van der Waals surface area contributed by atoms with Crippen molar-refractivity contribution >= 4 is 11.7 Å². The SMILES string of the molecule is CCN(CC(=O)NC(C)C)CC(=O)c1cccc(OC)c1. The van der Waals surface area contributed by atoms with Crippen molar-refractivity contribution < 1.29 is 14.3 Å². The Hall–Kier alpha value is -1.88. The zero-order chi connectivity index (χ0) is 15.8. The Morgan fingerprint density at radius 3 is 2.57 bits per heavy atom. The van der Waals surface area contributed by atoms with Gasteiger partial charge in [-0.1, -0.05) is 19.1 Å². The molecular formula is C16H24N2O3. The van der Waals surface area contributed by atoms with E-state index in [9.17, 15) is 9.59 Å². The molecule has 0 saturated carbocycles. The first-order chi connectivity index (χ1) is 9.96. The molecule has 0 aliphatic rings. The number of amides is 1. The molecule has 1 N–H and O–H groups in total. The zero-order valence-electron chi connectivity index (χ0n) is 13.2. The van der Waals surface area contributed by atoms with Crippen molar-refractivity contribution in [3.05, 3.63) is 29.8 Å². The van der Waals surface area contributed by atoms with Gasteiger partial charge in [-0.3, -0.25) is 14.5 Å². The summed E-state index contributed by atoms with van der Waals surface area (Å²) in [7, 11) is 1.57. The van der Waals surface area contributed by atoms with Crippen molar-refractivity contribution in [1.82, 2.24) is 10.2 Å². The molecule has 116 valence electrons. The largest absolute Gasteiger partial charge is 0.497 e. The van der Waals surface area contributed by atoms with Crippen LogP contribution < -0.4 is 10.1 Å². The quantitative estimate of drug-likeness (QED) is 0.741. The molecule has 1 aromatic carbocycles. The van der Waals surface area contributed by atoms with Crippen molar-refractivity contribution in [2.45, 2.75) is 26.8 Å². The molecule has 0 radical (unpaired) electrons. The van der Waals surface area contributed by atoms with Crippen molar-refractivity contribution in [3.63, 3.8) is 0 Å². The molecule has 1 amide bonds. The summed E-state index contributed by atoms with van der Waals surface area (Å²) < 4.78 is 5.11. The molecule has 0 heterocycles. The highest BCUT2D eigenvalue weighted by atomic mass is 16.5. The summed E-state index contributed by atoms with van der Waals surface area (Å²) >= 11 is 0. The summed E-state index contributed by atoms with van der Waals surface area (Å²) in [6, 6.07) is 7.15. The first-order valence-corrected chi connectivity index (χ1v) is 7.15. The van der Waals surface area contributed by atoms with Crippen molar-refractivity contribution in [1.29, 1.82) is 0 Å². The molecule has 0 aromatic heterocycles. The lowest BCUT2D eigenvalue weighted by atomic mass is 10.1. The van der Waals surface area contributed by atoms with Crippen LogP contribution >= 0.6 is 0 Å². The molecule has 0 aliphatic carbocycles. The number of carbonyl (C=O) groups excluding carboxylic acids is 2. The van der Waals surface area contributed by atoms with E-state index in [1.165, 1.54) is 0 Å². The number of ketones is 1. The minimum absolute atomic E-state index is 0.0203. The van der Waals surface area contributed by atoms with E-state index in [2.05, 4.69) is 5.32 Å². The van der Waals surface area contributed by atoms with Gasteiger partial charge in [0.05, 0.1) is 20.2 Å². The number of methoxy groups -OCH3 is 1. The maximum absolute atomic E-state index is 12.3. The molecule has 0 spiro atoms. The number of hydrogen-bond donors (Lipinski definition) is 1. The van der Waals surface area contributed by atoms with Crippen molar-refractivity contribution in [3.8, 4) is 5.75 Å². The van der Waals surface area contributed by atoms with Crippen LogP contribution in [0.25, 0.3) is 0 Å². The highest BCUT2D eigenvalue weighted by Gasteiger charge is 2.15. The molecule has 0 unspecified atom stereocenters. The van der Waals surface area contributed by atoms with Crippen LogP contribution in [0.4, 0.5) is 0 Å². The number of hydrogen-bond acceptors (Lipinski definition) is 4. The van der Waals surface area contributed by atoms with E-state index < -0.39 is 0 Å². The Labute approximate surface area is 126 Å². The Morgan fingerprint density at radius 1 is 1.29 bits per heavy atom. The fraction of sp³-hybridized carbons (Fsp3) is 0.500. The monoisotopic (exact) mass is 292 g/mol. The number of benzene rings is 1. The molecule has 0 saturated heterocycles. The molecule has 0 bridgehead atoms. The van der Waals surface area contributed by atoms with Crippen LogP contribution in [0.1, 0.15) is 31.1 Å². The Bertz CT molecular complexity index is 486. The fourth-order valence-corrected chi connectivity index (χ4v) is 1.94. The van der Waals surface area contributed by atoms with Gasteiger partial charge in [-0.15, -0.1) is 0 Å². The standard InChI is InChI=1S/C16H24N2O3/c1-5-18(11-16(20)17-12(2)3)10-15(19)13-7-6-8-14(9-13)21-4/h6-9,12H,5,10-11H2,1-4H3,(H,17,20). The number of Topliss-reactive ketones (excluding diaryl/α,β-unsaturated/α-hetero) is 1. The smallest absolute Gasteiger partial charge is 0.234 e. The van der Waals surface area contributed by atoms with Gasteiger partial charge in [-0.25, -0.2) is 0 Å². The molecule has 0 atom stereocenters. The Kier molecular flexibility index (Phi) is 6.88. The third-order valence-corrected chi connectivity index (χ3v) is 3.02. The minimum Gasteiger partial charge on any atom is -0.497 e. The molecule has 5 heteroatoms. The summed E-state index contributed by atoms with van der Waals surface area (Å²) in [5.74, 6) is 0.569. The van der Waals surface area contributed by atoms with Gasteiger partial charge in [0.25, 0.3) is 0 Å². The van der Waals surface area contributed by atoms with Crippen molar-refractivity contribution in [2.75, 3.05) is 26.7 Å². The van der Waals surface area contributed by atoms with Crippen LogP contribution in [0.15, 0.2) is 24.3 Å². The maximum Gasteiger partial charge on any atom is 0.234 e. The second-order valence-electron chi connectivity index (χ2n) is 5.18. The predicted molar refractivity (Wildman–Crippen MR) is 82.7 cm³/mol. The van der Waals surface area contributed by atoms with Gasteiger partial charge in [0, 0.05) is 11.6 Å². The van der Waals surface area contributed by atoms with Gasteiger partial charge in [0.15, 0.2) is 5.78 Å². The normalized spacial score (nSPS) is 10.8. The summed E-state index contributed by atoms with van der Waals surface area (Å²) in [6.45, 7) is 6.84. The topological polar surface area (TPSA) is 58.6 Å². The van der Waals surface area contributed by atoms with Crippen LogP contribution in [0, 0.1) is 0 Å². The van der Waals surface area contributed by atoms with Gasteiger partial charge < -0.3 is 10.1 Å². The first-order valence-electron chi connectivity index (χ1n) is 7.15. The number of nitrogens with zero attached hydrogens (tertiary/aromatic N) is 1. The Balaban J connectivity index is 2.63. The maximum atomic E-state index is 12.3. The number of likely N-dealkylation sites (N-methyl/N-ethyl adjacent to an activating group) is 1. The summed E-state index contributed by atoms with van der Waals surface area (Å²) in [5.41, 5.74) is 0.595. The van der Waals surface area contributed by atoms with E-state index in [0.717, 1.165) is 0 Å². The van der Waals surface area contributed by atoms with Crippen LogP contribution in [0.3, 0.4) is 0 Å². The molecule has 1 rings (SSSR count). The minimum atomic E-state index is -0.0645. The van der Waals surface area contributed by atoms with Gasteiger partial charge >= 0.3 is 0 Å². The summed E-state index contributed by atoms with van der Waals surface area (Å²) in [5, 5.41) is 2.83. The van der Waals surface area contributed by atoms with E-state index in [0.29, 0.717) is 17.9 Å². The summed E-state index contributed by atoms with van der Waals surface area (Å²) in [6.07, 6.45) is 0. The van der Waals surface area contributed by atoms with Crippen molar-refractivity contribution in [2.24, 2.45) is 0 Å². The zero-order valence-corrected chi connectivity index (χ0v) is 13.2. The number of rotatable bonds is 8. The molecule has 1 aromatic rings. The third kappa shape index (κ3) is 5.95. The number of ether oxygens (including phenoxy) is 1. The van der Waals surface area contributed by atoms with E-state index in [-0.39, 0.29) is 30.8 Å². The highest BCUT2D eigenvalue weighted by molar-refractivity contribution is 5.98. The van der Waals surface area contributed by atoms with Crippen LogP contribution in [0.5, 0.6) is 5.75 Å². The van der Waals surface area contributed by atoms with Crippen LogP contribution in [-0.4, -0.2) is 49.4 Å². The average molecular weight is 292 g/mol. The second-order valence-corrected chi connectivity index (χ2v) is 5.18. The van der Waals surface area contributed by atoms with E-state index in [1.807, 2.05) is 25.7 Å². The molecule has 0 fully saturated rings. The van der Waals surface area contributed by atoms with Crippen LogP contribution in [-0.2, 0) is 4.79 Å². The number of nitrogens with one attached hydrogen (secondary N) is 1. The fourth-order valence-electron chi connectivity index (χ4n) is 1.94.